The molecule has 0 spiro atoms. The summed E-state index contributed by atoms with van der Waals surface area (Å²) >= 11 is 0. The first-order chi connectivity index (χ1) is 14.5. The molecule has 1 aromatic carbocycles. The highest BCUT2D eigenvalue weighted by Crippen LogP contribution is 2.35. The van der Waals surface area contributed by atoms with Gasteiger partial charge in [-0.2, -0.15) is 0 Å². The predicted octanol–water partition coefficient (Wildman–Crippen LogP) is 1.71. The number of aliphatic hydroxyl groups is 1. The number of benzene rings is 1. The third-order valence-corrected chi connectivity index (χ3v) is 6.71. The maximum absolute atomic E-state index is 13.3. The van der Waals surface area contributed by atoms with Gasteiger partial charge in [0.2, 0.25) is 5.91 Å². The van der Waals surface area contributed by atoms with Crippen molar-refractivity contribution in [1.82, 2.24) is 15.1 Å². The molecule has 3 aliphatic rings. The van der Waals surface area contributed by atoms with E-state index in [0.29, 0.717) is 38.5 Å². The highest BCUT2D eigenvalue weighted by atomic mass is 19.1. The number of likely N-dealkylation sites (tertiary alicyclic amines) is 2. The zero-order valence-electron chi connectivity index (χ0n) is 17.1. The monoisotopic (exact) mass is 419 g/mol. The number of nitrogens with one attached hydrogen (secondary N) is 1. The van der Waals surface area contributed by atoms with Crippen molar-refractivity contribution in [1.29, 1.82) is 0 Å². The lowest BCUT2D eigenvalue weighted by atomic mass is 9.78. The summed E-state index contributed by atoms with van der Waals surface area (Å²) in [4.78, 5) is 28.3. The van der Waals surface area contributed by atoms with Gasteiger partial charge in [0.25, 0.3) is 0 Å². The number of nitrogens with zero attached hydrogens (tertiary/aromatic N) is 2. The van der Waals surface area contributed by atoms with Crippen LogP contribution < -0.4 is 5.32 Å². The molecule has 3 heterocycles. The lowest BCUT2D eigenvalue weighted by Crippen LogP contribution is -2.62. The Morgan fingerprint density at radius 3 is 2.57 bits per heavy atom. The highest BCUT2D eigenvalue weighted by molar-refractivity contribution is 5.79. The molecule has 3 aliphatic heterocycles. The van der Waals surface area contributed by atoms with Crippen molar-refractivity contribution >= 4 is 11.9 Å². The van der Waals surface area contributed by atoms with Gasteiger partial charge in [-0.1, -0.05) is 12.1 Å². The molecule has 2 N–H and O–H groups in total. The molecule has 1 aromatic rings. The summed E-state index contributed by atoms with van der Waals surface area (Å²) in [6, 6.07) is 6.43. The Morgan fingerprint density at radius 1 is 1.17 bits per heavy atom. The van der Waals surface area contributed by atoms with E-state index in [1.54, 1.807) is 12.1 Å². The van der Waals surface area contributed by atoms with E-state index < -0.39 is 0 Å². The van der Waals surface area contributed by atoms with Gasteiger partial charge in [0, 0.05) is 32.8 Å². The standard InChI is InChI=1S/C22H30FN3O4/c23-17-3-1-15(2-4-17)18(8-12-27)16-5-9-25(10-6-16)22(29)26-11-7-20-19(13-26)24-21(28)14-30-20/h1-4,16,18-20,27H,5-14H2,(H,24,28)/t18-,19-,20+/m1/s1. The first-order valence-electron chi connectivity index (χ1n) is 10.9. The van der Waals surface area contributed by atoms with Crippen molar-refractivity contribution in [3.05, 3.63) is 35.6 Å². The number of carbonyl (C=O) groups is 2. The van der Waals surface area contributed by atoms with Crippen molar-refractivity contribution in [2.45, 2.75) is 43.7 Å². The van der Waals surface area contributed by atoms with E-state index in [-0.39, 0.29) is 49.0 Å². The second-order valence-electron chi connectivity index (χ2n) is 8.54. The van der Waals surface area contributed by atoms with Crippen molar-refractivity contribution in [2.24, 2.45) is 5.92 Å². The van der Waals surface area contributed by atoms with Crippen LogP contribution in [0.5, 0.6) is 0 Å². The van der Waals surface area contributed by atoms with Crippen LogP contribution in [0.3, 0.4) is 0 Å². The third kappa shape index (κ3) is 4.59. The van der Waals surface area contributed by atoms with Gasteiger partial charge >= 0.3 is 6.03 Å². The van der Waals surface area contributed by atoms with Gasteiger partial charge in [-0.15, -0.1) is 0 Å². The van der Waals surface area contributed by atoms with Crippen LogP contribution in [0.15, 0.2) is 24.3 Å². The van der Waals surface area contributed by atoms with Crippen LogP contribution in [-0.4, -0.2) is 78.4 Å². The molecule has 0 aromatic heterocycles. The van der Waals surface area contributed by atoms with Crippen LogP contribution >= 0.6 is 0 Å². The SMILES string of the molecule is O=C1CO[C@H]2CCN(C(=O)N3CCC([C@H](CCO)c4ccc(F)cc4)CC3)C[C@H]2N1. The molecule has 0 aliphatic carbocycles. The average molecular weight is 419 g/mol. The molecule has 4 rings (SSSR count). The quantitative estimate of drug-likeness (QED) is 0.779. The summed E-state index contributed by atoms with van der Waals surface area (Å²) in [5.41, 5.74) is 1.05. The van der Waals surface area contributed by atoms with E-state index >= 15 is 0 Å². The third-order valence-electron chi connectivity index (χ3n) is 6.71. The fraction of sp³-hybridized carbons (Fsp3) is 0.636. The molecule has 3 atom stereocenters. The molecule has 0 radical (unpaired) electrons. The summed E-state index contributed by atoms with van der Waals surface area (Å²) in [5, 5.41) is 12.5. The van der Waals surface area contributed by atoms with Crippen molar-refractivity contribution in [2.75, 3.05) is 39.4 Å². The van der Waals surface area contributed by atoms with E-state index in [2.05, 4.69) is 5.32 Å². The summed E-state index contributed by atoms with van der Waals surface area (Å²) in [6.45, 7) is 2.65. The number of rotatable bonds is 4. The number of aliphatic hydroxyl groups excluding tert-OH is 1. The minimum Gasteiger partial charge on any atom is -0.396 e. The van der Waals surface area contributed by atoms with Gasteiger partial charge in [-0.3, -0.25) is 4.79 Å². The van der Waals surface area contributed by atoms with E-state index in [9.17, 15) is 19.1 Å². The smallest absolute Gasteiger partial charge is 0.320 e. The van der Waals surface area contributed by atoms with Crippen LogP contribution in [0.25, 0.3) is 0 Å². The van der Waals surface area contributed by atoms with Gasteiger partial charge in [-0.05, 0) is 55.2 Å². The number of piperidine rings is 2. The molecule has 3 fully saturated rings. The van der Waals surface area contributed by atoms with E-state index in [4.69, 9.17) is 4.74 Å². The largest absolute Gasteiger partial charge is 0.396 e. The second-order valence-corrected chi connectivity index (χ2v) is 8.54. The van der Waals surface area contributed by atoms with Crippen molar-refractivity contribution in [3.63, 3.8) is 0 Å². The van der Waals surface area contributed by atoms with Gasteiger partial charge in [0.1, 0.15) is 12.4 Å². The van der Waals surface area contributed by atoms with Crippen molar-refractivity contribution in [3.8, 4) is 0 Å². The number of urea groups is 1. The highest BCUT2D eigenvalue weighted by Gasteiger charge is 2.38. The zero-order chi connectivity index (χ0) is 21.1. The molecular formula is C22H30FN3O4. The summed E-state index contributed by atoms with van der Waals surface area (Å²) < 4.78 is 18.9. The van der Waals surface area contributed by atoms with Gasteiger partial charge in [0.15, 0.2) is 0 Å². The number of fused-ring (bicyclic) bond motifs is 1. The molecule has 30 heavy (non-hydrogen) atoms. The second kappa shape index (κ2) is 9.31. The Morgan fingerprint density at radius 2 is 1.87 bits per heavy atom. The van der Waals surface area contributed by atoms with Gasteiger partial charge < -0.3 is 25.0 Å². The Bertz CT molecular complexity index is 751. The Kier molecular flexibility index (Phi) is 6.53. The Balaban J connectivity index is 1.33. The fourth-order valence-electron chi connectivity index (χ4n) is 5.09. The number of hydrogen-bond acceptors (Lipinski definition) is 4. The topological polar surface area (TPSA) is 82.1 Å². The molecule has 8 heteroatoms. The number of ether oxygens (including phenoxy) is 1. The predicted molar refractivity (Wildman–Crippen MR) is 108 cm³/mol. The number of hydrogen-bond donors (Lipinski definition) is 2. The number of amides is 3. The van der Waals surface area contributed by atoms with E-state index in [1.807, 2.05) is 9.80 Å². The van der Waals surface area contributed by atoms with E-state index in [0.717, 1.165) is 24.8 Å². The number of halogens is 1. The molecule has 3 saturated heterocycles. The van der Waals surface area contributed by atoms with Crippen LogP contribution in [0, 0.1) is 11.7 Å². The normalized spacial score (nSPS) is 26.1. The number of morpholine rings is 1. The van der Waals surface area contributed by atoms with Crippen molar-refractivity contribution < 1.29 is 23.8 Å². The first-order valence-corrected chi connectivity index (χ1v) is 10.9. The minimum atomic E-state index is -0.259. The summed E-state index contributed by atoms with van der Waals surface area (Å²) in [7, 11) is 0. The maximum Gasteiger partial charge on any atom is 0.320 e. The summed E-state index contributed by atoms with van der Waals surface area (Å²) in [6.07, 6.45) is 3.07. The minimum absolute atomic E-state index is 0.00700. The average Bonchev–Trinajstić information content (AvgIpc) is 2.77. The van der Waals surface area contributed by atoms with Crippen LogP contribution in [0.1, 0.15) is 37.2 Å². The molecule has 0 bridgehead atoms. The molecule has 0 unspecified atom stereocenters. The molecular weight excluding hydrogens is 389 g/mol. The van der Waals surface area contributed by atoms with Gasteiger partial charge in [0.05, 0.1) is 12.1 Å². The van der Waals surface area contributed by atoms with E-state index in [1.165, 1.54) is 12.1 Å². The zero-order valence-corrected chi connectivity index (χ0v) is 17.1. The summed E-state index contributed by atoms with van der Waals surface area (Å²) in [5.74, 6) is 0.133. The lowest BCUT2D eigenvalue weighted by molar-refractivity contribution is -0.139. The Labute approximate surface area is 176 Å². The van der Waals surface area contributed by atoms with Crippen LogP contribution in [0.4, 0.5) is 9.18 Å². The van der Waals surface area contributed by atoms with Gasteiger partial charge in [-0.25, -0.2) is 9.18 Å². The maximum atomic E-state index is 13.3. The molecule has 7 nitrogen and oxygen atoms in total. The Hall–Kier alpha value is -2.19. The first kappa shape index (κ1) is 21.1. The molecule has 164 valence electrons. The van der Waals surface area contributed by atoms with Crippen LogP contribution in [0.2, 0.25) is 0 Å². The molecule has 3 amide bonds. The fourth-order valence-corrected chi connectivity index (χ4v) is 5.09. The van der Waals surface area contributed by atoms with Crippen LogP contribution in [-0.2, 0) is 9.53 Å². The molecule has 0 saturated carbocycles. The lowest BCUT2D eigenvalue weighted by Gasteiger charge is -2.44. The number of carbonyl (C=O) groups excluding carboxylic acids is 2.